The van der Waals surface area contributed by atoms with Gasteiger partial charge in [0.25, 0.3) is 0 Å². The van der Waals surface area contributed by atoms with E-state index in [1.807, 2.05) is 13.8 Å². The highest BCUT2D eigenvalue weighted by Gasteiger charge is 2.22. The molecule has 0 saturated heterocycles. The first-order chi connectivity index (χ1) is 14.1. The predicted octanol–water partition coefficient (Wildman–Crippen LogP) is 3.98. The summed E-state index contributed by atoms with van der Waals surface area (Å²) >= 11 is 5.82. The van der Waals surface area contributed by atoms with E-state index in [0.717, 1.165) is 0 Å². The second kappa shape index (κ2) is 8.45. The van der Waals surface area contributed by atoms with Crippen LogP contribution in [0.4, 0.5) is 4.39 Å². The van der Waals surface area contributed by atoms with Crippen LogP contribution >= 0.6 is 11.6 Å². The van der Waals surface area contributed by atoms with Crippen molar-refractivity contribution < 1.29 is 24.5 Å². The maximum Gasteiger partial charge on any atom is 0.341 e. The van der Waals surface area contributed by atoms with Gasteiger partial charge in [-0.15, -0.1) is 0 Å². The van der Waals surface area contributed by atoms with Crippen LogP contribution in [-0.2, 0) is 6.42 Å². The second-order valence-corrected chi connectivity index (χ2v) is 7.87. The Morgan fingerprint density at radius 1 is 1.23 bits per heavy atom. The van der Waals surface area contributed by atoms with Gasteiger partial charge >= 0.3 is 5.97 Å². The zero-order valence-corrected chi connectivity index (χ0v) is 17.2. The number of rotatable bonds is 6. The molecular weight excluding hydrogens is 413 g/mol. The number of aromatic hydroxyl groups is 1. The molecule has 8 heteroatoms. The second-order valence-electron chi connectivity index (χ2n) is 7.47. The maximum absolute atomic E-state index is 14.3. The lowest BCUT2D eigenvalue weighted by Gasteiger charge is -2.25. The van der Waals surface area contributed by atoms with E-state index in [1.54, 1.807) is 6.07 Å². The van der Waals surface area contributed by atoms with E-state index in [1.165, 1.54) is 35.0 Å². The van der Waals surface area contributed by atoms with Gasteiger partial charge in [0.15, 0.2) is 0 Å². The first kappa shape index (κ1) is 21.8. The summed E-state index contributed by atoms with van der Waals surface area (Å²) in [6.07, 6.45) is 1.14. The van der Waals surface area contributed by atoms with Crippen molar-refractivity contribution in [3.05, 3.63) is 74.3 Å². The summed E-state index contributed by atoms with van der Waals surface area (Å²) in [6.45, 7) is 3.41. The molecule has 1 heterocycles. The number of carboxylic acids is 1. The number of halogens is 2. The number of aliphatic hydroxyl groups is 1. The Kier molecular flexibility index (Phi) is 6.14. The normalized spacial score (nSPS) is 12.5. The Hall–Kier alpha value is -2.90. The van der Waals surface area contributed by atoms with Crippen LogP contribution in [0.15, 0.2) is 41.3 Å². The fourth-order valence-electron chi connectivity index (χ4n) is 3.51. The minimum Gasteiger partial charge on any atom is -0.508 e. The number of hydrogen-bond acceptors (Lipinski definition) is 4. The van der Waals surface area contributed by atoms with E-state index >= 15 is 0 Å². The molecule has 3 aromatic rings. The number of hydrogen-bond donors (Lipinski definition) is 3. The van der Waals surface area contributed by atoms with Gasteiger partial charge in [-0.05, 0) is 29.2 Å². The molecule has 6 nitrogen and oxygen atoms in total. The fraction of sp³-hybridized carbons (Fsp3) is 0.273. The quantitative estimate of drug-likeness (QED) is 0.546. The minimum atomic E-state index is -1.40. The zero-order valence-electron chi connectivity index (χ0n) is 16.4. The predicted molar refractivity (Wildman–Crippen MR) is 112 cm³/mol. The third-order valence-corrected chi connectivity index (χ3v) is 5.48. The number of benzene rings is 2. The van der Waals surface area contributed by atoms with Crippen LogP contribution in [0.1, 0.15) is 41.4 Å². The van der Waals surface area contributed by atoms with Crippen LogP contribution in [0.5, 0.6) is 5.75 Å². The van der Waals surface area contributed by atoms with Crippen LogP contribution in [0, 0.1) is 11.7 Å². The average molecular weight is 434 g/mol. The summed E-state index contributed by atoms with van der Waals surface area (Å²) < 4.78 is 15.8. The summed E-state index contributed by atoms with van der Waals surface area (Å²) in [5.41, 5.74) is -0.415. The largest absolute Gasteiger partial charge is 0.508 e. The first-order valence-corrected chi connectivity index (χ1v) is 9.71. The summed E-state index contributed by atoms with van der Waals surface area (Å²) in [5.74, 6) is -2.29. The molecule has 0 saturated carbocycles. The third-order valence-electron chi connectivity index (χ3n) is 5.19. The van der Waals surface area contributed by atoms with Crippen LogP contribution in [0.3, 0.4) is 0 Å². The number of carboxylic acid groups (broad SMARTS) is 1. The molecule has 0 aliphatic carbocycles. The monoisotopic (exact) mass is 433 g/mol. The van der Waals surface area contributed by atoms with Crippen LogP contribution < -0.4 is 5.43 Å². The van der Waals surface area contributed by atoms with Crippen LogP contribution in [0.2, 0.25) is 5.02 Å². The first-order valence-electron chi connectivity index (χ1n) is 9.33. The molecule has 2 aromatic carbocycles. The number of aliphatic hydroxyl groups excluding tert-OH is 1. The van der Waals surface area contributed by atoms with Crippen molar-refractivity contribution in [3.8, 4) is 5.75 Å². The topological polar surface area (TPSA) is 99.8 Å². The minimum absolute atomic E-state index is 0.0431. The average Bonchev–Trinajstić information content (AvgIpc) is 2.68. The number of carbonyl (C=O) groups is 1. The molecule has 0 aliphatic heterocycles. The Morgan fingerprint density at radius 2 is 1.93 bits per heavy atom. The van der Waals surface area contributed by atoms with E-state index < -0.39 is 28.8 Å². The van der Waals surface area contributed by atoms with Crippen molar-refractivity contribution in [2.75, 3.05) is 6.61 Å². The molecule has 0 amide bonds. The summed E-state index contributed by atoms with van der Waals surface area (Å²) in [6, 6.07) is 6.68. The molecule has 0 aliphatic rings. The van der Waals surface area contributed by atoms with Crippen molar-refractivity contribution >= 4 is 28.5 Å². The third kappa shape index (κ3) is 3.91. The van der Waals surface area contributed by atoms with Crippen molar-refractivity contribution in [3.63, 3.8) is 0 Å². The van der Waals surface area contributed by atoms with Gasteiger partial charge in [0.05, 0.1) is 23.2 Å². The van der Waals surface area contributed by atoms with E-state index in [4.69, 9.17) is 11.6 Å². The maximum atomic E-state index is 14.3. The summed E-state index contributed by atoms with van der Waals surface area (Å²) in [4.78, 5) is 24.4. The summed E-state index contributed by atoms with van der Waals surface area (Å²) in [5, 5.41) is 29.9. The Labute approximate surface area is 176 Å². The Balaban J connectivity index is 2.28. The highest BCUT2D eigenvalue weighted by molar-refractivity contribution is 6.30. The molecule has 0 spiro atoms. The number of aromatic carboxylic acids is 1. The van der Waals surface area contributed by atoms with E-state index in [0.29, 0.717) is 0 Å². The zero-order chi connectivity index (χ0) is 22.2. The molecule has 158 valence electrons. The number of aromatic nitrogens is 1. The Bertz CT molecular complexity index is 1190. The van der Waals surface area contributed by atoms with Gasteiger partial charge in [0, 0.05) is 24.1 Å². The number of fused-ring (bicyclic) bond motifs is 1. The van der Waals surface area contributed by atoms with Crippen LogP contribution in [-0.4, -0.2) is 32.5 Å². The van der Waals surface area contributed by atoms with Gasteiger partial charge in [0.2, 0.25) is 5.43 Å². The van der Waals surface area contributed by atoms with Gasteiger partial charge in [0.1, 0.15) is 17.1 Å². The van der Waals surface area contributed by atoms with Crippen molar-refractivity contribution in [1.29, 1.82) is 0 Å². The van der Waals surface area contributed by atoms with Gasteiger partial charge in [-0.25, -0.2) is 9.18 Å². The number of nitrogens with zero attached hydrogens (tertiary/aromatic N) is 1. The number of phenolic OH excluding ortho intramolecular Hbond substituents is 1. The summed E-state index contributed by atoms with van der Waals surface area (Å²) in [7, 11) is 0. The standard InChI is InChI=1S/C22H21ClFNO5/c1-11(2)18(10-26)25-9-15(22(29)30)21(28)14-7-13(19(27)8-17(14)25)6-12-4-3-5-16(23)20(12)24/h3-5,7-9,11,18,26-27H,6,10H2,1-2H3,(H,29,30). The van der Waals surface area contributed by atoms with Crippen molar-refractivity contribution in [2.45, 2.75) is 26.3 Å². The lowest BCUT2D eigenvalue weighted by Crippen LogP contribution is -2.25. The van der Waals surface area contributed by atoms with Gasteiger partial charge in [-0.2, -0.15) is 0 Å². The van der Waals surface area contributed by atoms with Crippen LogP contribution in [0.25, 0.3) is 10.9 Å². The fourth-order valence-corrected chi connectivity index (χ4v) is 3.70. The number of pyridine rings is 1. The molecular formula is C22H21ClFNO5. The van der Waals surface area contributed by atoms with E-state index in [9.17, 15) is 29.3 Å². The molecule has 0 fully saturated rings. The molecule has 3 N–H and O–H groups in total. The lowest BCUT2D eigenvalue weighted by atomic mass is 9.98. The van der Waals surface area contributed by atoms with E-state index in [-0.39, 0.29) is 51.7 Å². The molecule has 1 aromatic heterocycles. The van der Waals surface area contributed by atoms with Gasteiger partial charge in [-0.1, -0.05) is 37.6 Å². The molecule has 3 rings (SSSR count). The van der Waals surface area contributed by atoms with E-state index in [2.05, 4.69) is 0 Å². The highest BCUT2D eigenvalue weighted by atomic mass is 35.5. The highest BCUT2D eigenvalue weighted by Crippen LogP contribution is 2.30. The molecule has 30 heavy (non-hydrogen) atoms. The molecule has 0 radical (unpaired) electrons. The lowest BCUT2D eigenvalue weighted by molar-refractivity contribution is 0.0694. The smallest absolute Gasteiger partial charge is 0.341 e. The Morgan fingerprint density at radius 3 is 2.53 bits per heavy atom. The molecule has 1 unspecified atom stereocenters. The molecule has 1 atom stereocenters. The molecule has 0 bridgehead atoms. The van der Waals surface area contributed by atoms with Crippen molar-refractivity contribution in [2.24, 2.45) is 5.92 Å². The van der Waals surface area contributed by atoms with Gasteiger partial charge in [-0.3, -0.25) is 4.79 Å². The number of phenols is 1. The SMILES string of the molecule is CC(C)C(CO)n1cc(C(=O)O)c(=O)c2cc(Cc3cccc(Cl)c3F)c(O)cc21. The van der Waals surface area contributed by atoms with Crippen molar-refractivity contribution in [1.82, 2.24) is 4.57 Å². The van der Waals surface area contributed by atoms with Gasteiger partial charge < -0.3 is 19.9 Å².